The molecule has 0 amide bonds. The Kier molecular flexibility index (Phi) is 5.20. The van der Waals surface area contributed by atoms with Crippen LogP contribution in [0.3, 0.4) is 0 Å². The van der Waals surface area contributed by atoms with Gasteiger partial charge in [-0.25, -0.2) is 4.98 Å². The Labute approximate surface area is 289 Å². The highest BCUT2D eigenvalue weighted by Gasteiger charge is 2.37. The normalized spacial score (nSPS) is 15.1. The maximum Gasteiger partial charge on any atom is 0.116 e. The molecule has 0 saturated carbocycles. The largest absolute Gasteiger partial charge is 0.306 e. The van der Waals surface area contributed by atoms with E-state index in [4.69, 9.17) is 15.0 Å². The van der Waals surface area contributed by atoms with Crippen molar-refractivity contribution in [1.29, 1.82) is 0 Å². The van der Waals surface area contributed by atoms with E-state index in [9.17, 15) is 0 Å². The summed E-state index contributed by atoms with van der Waals surface area (Å²) in [6, 6.07) is 42.1. The van der Waals surface area contributed by atoms with Crippen LogP contribution in [0.25, 0.3) is 77.8 Å². The molecule has 238 valence electrons. The lowest BCUT2D eigenvalue weighted by Crippen LogP contribution is -2.15. The summed E-state index contributed by atoms with van der Waals surface area (Å²) in [4.78, 5) is 15.2. The highest BCUT2D eigenvalue weighted by Crippen LogP contribution is 2.51. The van der Waals surface area contributed by atoms with E-state index in [1.54, 1.807) is 0 Å². The molecule has 5 aromatic heterocycles. The minimum Gasteiger partial charge on any atom is -0.306 e. The molecule has 0 spiro atoms. The summed E-state index contributed by atoms with van der Waals surface area (Å²) in [6.07, 6.45) is 3.73. The van der Waals surface area contributed by atoms with Gasteiger partial charge >= 0.3 is 0 Å². The Morgan fingerprint density at radius 2 is 0.840 bits per heavy atom. The average molecular weight is 644 g/mol. The first-order valence-electron chi connectivity index (χ1n) is 17.4. The molecule has 5 nitrogen and oxygen atoms in total. The second-order valence-electron chi connectivity index (χ2n) is 14.9. The third-order valence-corrected chi connectivity index (χ3v) is 11.6. The quantitative estimate of drug-likeness (QED) is 0.188. The second-order valence-corrected chi connectivity index (χ2v) is 14.9. The molecule has 5 heterocycles. The van der Waals surface area contributed by atoms with Gasteiger partial charge in [0.1, 0.15) is 22.1 Å². The minimum absolute atomic E-state index is 0.108. The van der Waals surface area contributed by atoms with Crippen LogP contribution in [0.4, 0.5) is 0 Å². The van der Waals surface area contributed by atoms with Crippen molar-refractivity contribution in [2.75, 3.05) is 0 Å². The van der Waals surface area contributed by atoms with Crippen LogP contribution in [-0.2, 0) is 10.8 Å². The van der Waals surface area contributed by atoms with Crippen LogP contribution in [0.2, 0.25) is 0 Å². The van der Waals surface area contributed by atoms with Crippen LogP contribution in [0.15, 0.2) is 128 Å². The van der Waals surface area contributed by atoms with Crippen molar-refractivity contribution in [2.45, 2.75) is 38.5 Å². The molecule has 0 saturated heterocycles. The van der Waals surface area contributed by atoms with Gasteiger partial charge in [-0.05, 0) is 99.1 Å². The van der Waals surface area contributed by atoms with Crippen molar-refractivity contribution in [3.05, 3.63) is 150 Å². The lowest BCUT2D eigenvalue weighted by Gasteiger charge is -2.22. The number of benzene rings is 4. The molecule has 0 fully saturated rings. The zero-order chi connectivity index (χ0) is 33.5. The fourth-order valence-corrected chi connectivity index (χ4v) is 9.18. The predicted octanol–water partition coefficient (Wildman–Crippen LogP) is 10.7. The number of pyridine rings is 3. The summed E-state index contributed by atoms with van der Waals surface area (Å²) >= 11 is 0. The lowest BCUT2D eigenvalue weighted by atomic mass is 9.82. The van der Waals surface area contributed by atoms with Gasteiger partial charge in [0, 0.05) is 34.6 Å². The Morgan fingerprint density at radius 1 is 0.400 bits per heavy atom. The average Bonchev–Trinajstić information content (AvgIpc) is 3.79. The third-order valence-electron chi connectivity index (χ3n) is 11.6. The van der Waals surface area contributed by atoms with E-state index in [-0.39, 0.29) is 10.8 Å². The predicted molar refractivity (Wildman–Crippen MR) is 204 cm³/mol. The van der Waals surface area contributed by atoms with Crippen molar-refractivity contribution in [3.8, 4) is 33.6 Å². The first kappa shape index (κ1) is 27.8. The van der Waals surface area contributed by atoms with Crippen molar-refractivity contribution in [2.24, 2.45) is 0 Å². The maximum atomic E-state index is 5.43. The molecule has 0 bridgehead atoms. The van der Waals surface area contributed by atoms with E-state index in [0.717, 1.165) is 55.5 Å². The van der Waals surface area contributed by atoms with E-state index >= 15 is 0 Å². The van der Waals surface area contributed by atoms with E-state index in [1.807, 2.05) is 24.5 Å². The van der Waals surface area contributed by atoms with Crippen LogP contribution < -0.4 is 0 Å². The SMILES string of the molecule is CC1(C)c2ccccc2-c2ccc(-n3c4cccnc4c4nc5c6ncccc6n(-c6ccc7c(c6)C(C)(C)c6ccccc6-7)c5cc43)cc21. The molecular formula is C45H33N5. The van der Waals surface area contributed by atoms with E-state index in [1.165, 1.54) is 44.5 Å². The molecule has 0 N–H and O–H groups in total. The molecule has 11 rings (SSSR count). The Balaban J connectivity index is 1.20. The van der Waals surface area contributed by atoms with Gasteiger partial charge in [-0.15, -0.1) is 0 Å². The molecule has 5 heteroatoms. The summed E-state index contributed by atoms with van der Waals surface area (Å²) in [5.74, 6) is 0. The molecule has 4 aromatic carbocycles. The van der Waals surface area contributed by atoms with Crippen LogP contribution >= 0.6 is 0 Å². The van der Waals surface area contributed by atoms with Crippen LogP contribution in [0.1, 0.15) is 49.9 Å². The summed E-state index contributed by atoms with van der Waals surface area (Å²) in [5, 5.41) is 0. The Bertz CT molecular complexity index is 2740. The number of fused-ring (bicyclic) bond motifs is 12. The molecule has 0 aliphatic heterocycles. The fraction of sp³-hybridized carbons (Fsp3) is 0.133. The molecule has 0 atom stereocenters. The van der Waals surface area contributed by atoms with Gasteiger partial charge in [0.15, 0.2) is 0 Å². The number of nitrogens with zero attached hydrogens (tertiary/aromatic N) is 5. The van der Waals surface area contributed by atoms with Crippen molar-refractivity contribution >= 4 is 44.1 Å². The second kappa shape index (κ2) is 9.33. The Hall–Kier alpha value is -6.07. The highest BCUT2D eigenvalue weighted by atomic mass is 15.1. The van der Waals surface area contributed by atoms with Gasteiger partial charge < -0.3 is 9.13 Å². The number of hydrogen-bond acceptors (Lipinski definition) is 3. The molecule has 9 aromatic rings. The monoisotopic (exact) mass is 643 g/mol. The number of rotatable bonds is 2. The molecular weight excluding hydrogens is 611 g/mol. The highest BCUT2D eigenvalue weighted by molar-refractivity contribution is 6.13. The third kappa shape index (κ3) is 3.39. The number of aromatic nitrogens is 5. The van der Waals surface area contributed by atoms with Crippen molar-refractivity contribution in [1.82, 2.24) is 24.1 Å². The first-order chi connectivity index (χ1) is 24.3. The van der Waals surface area contributed by atoms with Gasteiger partial charge in [-0.1, -0.05) is 88.4 Å². The number of hydrogen-bond donors (Lipinski definition) is 0. The minimum atomic E-state index is -0.108. The lowest BCUT2D eigenvalue weighted by molar-refractivity contribution is 0.660. The summed E-state index contributed by atoms with van der Waals surface area (Å²) in [7, 11) is 0. The summed E-state index contributed by atoms with van der Waals surface area (Å²) in [5.41, 5.74) is 20.4. The van der Waals surface area contributed by atoms with Crippen LogP contribution in [0.5, 0.6) is 0 Å². The molecule has 50 heavy (non-hydrogen) atoms. The smallest absolute Gasteiger partial charge is 0.116 e. The van der Waals surface area contributed by atoms with Gasteiger partial charge in [0.05, 0.1) is 22.1 Å². The zero-order valence-electron chi connectivity index (χ0n) is 28.4. The van der Waals surface area contributed by atoms with Gasteiger partial charge in [0.2, 0.25) is 0 Å². The maximum absolute atomic E-state index is 5.43. The zero-order valence-corrected chi connectivity index (χ0v) is 28.4. The summed E-state index contributed by atoms with van der Waals surface area (Å²) in [6.45, 7) is 9.34. The van der Waals surface area contributed by atoms with E-state index in [0.29, 0.717) is 0 Å². The van der Waals surface area contributed by atoms with Crippen LogP contribution in [-0.4, -0.2) is 24.1 Å². The fourth-order valence-electron chi connectivity index (χ4n) is 9.18. The van der Waals surface area contributed by atoms with Gasteiger partial charge in [0.25, 0.3) is 0 Å². The van der Waals surface area contributed by atoms with Crippen LogP contribution in [0, 0.1) is 0 Å². The standard InChI is InChI=1S/C45H33N5/c1-44(2)32-13-7-5-11-28(32)30-19-17-26(23-34(30)44)49-36-15-9-21-46-40(36)42-38(49)25-39-43(48-42)41-37(16-10-22-47-41)50(39)27-18-20-31-29-12-6-8-14-33(29)45(3,4)35(31)24-27/h5-25H,1-4H3. The topological polar surface area (TPSA) is 48.5 Å². The van der Waals surface area contributed by atoms with Crippen molar-refractivity contribution in [3.63, 3.8) is 0 Å². The molecule has 0 radical (unpaired) electrons. The van der Waals surface area contributed by atoms with Crippen molar-refractivity contribution < 1.29 is 0 Å². The van der Waals surface area contributed by atoms with Gasteiger partial charge in [-0.2, -0.15) is 0 Å². The van der Waals surface area contributed by atoms with Gasteiger partial charge in [-0.3, -0.25) is 9.97 Å². The molecule has 0 unspecified atom stereocenters. The molecule has 2 aliphatic carbocycles. The summed E-state index contributed by atoms with van der Waals surface area (Å²) < 4.78 is 4.70. The first-order valence-corrected chi connectivity index (χ1v) is 17.4. The van der Waals surface area contributed by atoms with E-state index in [2.05, 4.69) is 140 Å². The van der Waals surface area contributed by atoms with E-state index < -0.39 is 0 Å². The Morgan fingerprint density at radius 3 is 1.32 bits per heavy atom. The molecule has 2 aliphatic rings.